The Hall–Kier alpha value is -0.703. The van der Waals surface area contributed by atoms with Gasteiger partial charge in [-0.1, -0.05) is 0 Å². The van der Waals surface area contributed by atoms with Crippen LogP contribution in [-0.2, 0) is 0 Å². The largest absolute Gasteiger partial charge is 0.516 e. The van der Waals surface area contributed by atoms with Crippen LogP contribution in [0.3, 0.4) is 0 Å². The second-order valence-electron chi connectivity index (χ2n) is 1.03. The molecule has 35 valence electrons. The van der Waals surface area contributed by atoms with E-state index in [4.69, 9.17) is 4.42 Å². The fourth-order valence-corrected chi connectivity index (χ4v) is 0.438. The number of hydrogen-bond donors (Lipinski definition) is 0. The lowest BCUT2D eigenvalue weighted by Gasteiger charge is -1.85. The minimum Gasteiger partial charge on any atom is -0.516 e. The first-order chi connectivity index (χ1) is 3.43. The Morgan fingerprint density at radius 1 is 1.71 bits per heavy atom. The van der Waals surface area contributed by atoms with Crippen molar-refractivity contribution in [2.24, 2.45) is 0 Å². The summed E-state index contributed by atoms with van der Waals surface area (Å²) in [7, 11) is 2.79. The summed E-state index contributed by atoms with van der Waals surface area (Å²) >= 11 is 0. The molecule has 7 heavy (non-hydrogen) atoms. The van der Waals surface area contributed by atoms with Gasteiger partial charge in [0.15, 0.2) is 0 Å². The molecular weight excluding hydrogens is 108 g/mol. The maximum atomic E-state index is 4.71. The van der Waals surface area contributed by atoms with E-state index >= 15 is 0 Å². The van der Waals surface area contributed by atoms with Crippen molar-refractivity contribution in [3.63, 3.8) is 0 Å². The van der Waals surface area contributed by atoms with Gasteiger partial charge in [0.1, 0.15) is 0 Å². The third-order valence-electron chi connectivity index (χ3n) is 0.596. The molecule has 1 aromatic heterocycles. The highest BCUT2D eigenvalue weighted by Crippen LogP contribution is 2.06. The predicted octanol–water partition coefficient (Wildman–Crippen LogP) is 0.742. The van der Waals surface area contributed by atoms with E-state index in [0.29, 0.717) is 5.95 Å². The van der Waals surface area contributed by atoms with Crippen LogP contribution in [0.2, 0.25) is 0 Å². The van der Waals surface area contributed by atoms with Crippen LogP contribution in [0.5, 0.6) is 5.95 Å². The zero-order chi connectivity index (χ0) is 5.11. The van der Waals surface area contributed by atoms with Crippen molar-refractivity contribution in [1.82, 2.24) is 0 Å². The number of furan rings is 1. The summed E-state index contributed by atoms with van der Waals surface area (Å²) < 4.78 is 9.20. The first-order valence-corrected chi connectivity index (χ1v) is 2.21. The molecule has 0 spiro atoms. The van der Waals surface area contributed by atoms with Crippen LogP contribution in [0, 0.1) is 0 Å². The van der Waals surface area contributed by atoms with Crippen molar-refractivity contribution in [2.75, 3.05) is 0 Å². The van der Waals surface area contributed by atoms with Crippen LogP contribution < -0.4 is 4.43 Å². The smallest absolute Gasteiger partial charge is 0.345 e. The maximum Gasteiger partial charge on any atom is 0.345 e. The Morgan fingerprint density at radius 2 is 2.57 bits per heavy atom. The van der Waals surface area contributed by atoms with E-state index in [0.717, 1.165) is 0 Å². The van der Waals surface area contributed by atoms with E-state index in [1.807, 2.05) is 0 Å². The van der Waals surface area contributed by atoms with Gasteiger partial charge in [-0.25, -0.2) is 0 Å². The molecule has 0 saturated heterocycles. The maximum absolute atomic E-state index is 4.71. The highest BCUT2D eigenvalue weighted by molar-refractivity contribution is 5.99. The zero-order valence-electron chi connectivity index (χ0n) is 3.55. The van der Waals surface area contributed by atoms with E-state index in [9.17, 15) is 0 Å². The van der Waals surface area contributed by atoms with Crippen molar-refractivity contribution in [3.8, 4) is 5.95 Å². The van der Waals surface area contributed by atoms with Gasteiger partial charge in [-0.05, 0) is 6.07 Å². The second kappa shape index (κ2) is 1.84. The van der Waals surface area contributed by atoms with Gasteiger partial charge in [0, 0.05) is 6.07 Å². The monoisotopic (exact) mass is 111 g/mol. The first kappa shape index (κ1) is 4.46. The van der Waals surface area contributed by atoms with E-state index in [-0.39, 0.29) is 0 Å². The third kappa shape index (κ3) is 0.836. The Labute approximate surface area is 44.6 Å². The van der Waals surface area contributed by atoms with E-state index < -0.39 is 0 Å². The van der Waals surface area contributed by atoms with Gasteiger partial charge in [-0.2, -0.15) is 0 Å². The van der Waals surface area contributed by atoms with E-state index in [2.05, 4.69) is 14.9 Å². The lowest BCUT2D eigenvalue weighted by Crippen LogP contribution is -1.78. The minimum absolute atomic E-state index is 0.469. The van der Waals surface area contributed by atoms with Gasteiger partial charge < -0.3 is 8.84 Å². The van der Waals surface area contributed by atoms with Gasteiger partial charge in [0.25, 0.3) is 5.95 Å². The molecule has 0 atom stereocenters. The highest BCUT2D eigenvalue weighted by Gasteiger charge is 1.85. The SMILES string of the molecule is [Si]Oc1ccco1. The molecule has 0 bridgehead atoms. The Kier molecular flexibility index (Phi) is 1.17. The van der Waals surface area contributed by atoms with Gasteiger partial charge in [-0.15, -0.1) is 0 Å². The van der Waals surface area contributed by atoms with Crippen molar-refractivity contribution < 1.29 is 8.84 Å². The van der Waals surface area contributed by atoms with Gasteiger partial charge in [0.05, 0.1) is 6.26 Å². The highest BCUT2D eigenvalue weighted by atomic mass is 28.2. The Bertz CT molecular complexity index is 124. The topological polar surface area (TPSA) is 22.4 Å². The molecule has 0 aliphatic carbocycles. The lowest BCUT2D eigenvalue weighted by atomic mass is 10.7. The van der Waals surface area contributed by atoms with Crippen molar-refractivity contribution >= 4 is 10.5 Å². The molecule has 1 rings (SSSR count). The average molecular weight is 111 g/mol. The molecule has 0 fully saturated rings. The van der Waals surface area contributed by atoms with Gasteiger partial charge in [0.2, 0.25) is 0 Å². The predicted molar refractivity (Wildman–Crippen MR) is 25.1 cm³/mol. The molecule has 0 saturated carbocycles. The quantitative estimate of drug-likeness (QED) is 0.499. The molecule has 0 N–H and O–H groups in total. The molecule has 0 aliphatic heterocycles. The molecule has 1 heterocycles. The molecular formula is C4H3O2Si. The summed E-state index contributed by atoms with van der Waals surface area (Å²) in [6.07, 6.45) is 1.54. The molecule has 0 unspecified atom stereocenters. The Balaban J connectivity index is 2.76. The molecule has 3 radical (unpaired) electrons. The first-order valence-electron chi connectivity index (χ1n) is 1.80. The van der Waals surface area contributed by atoms with E-state index in [1.54, 1.807) is 12.1 Å². The minimum atomic E-state index is 0.469. The average Bonchev–Trinajstić information content (AvgIpc) is 2.14. The van der Waals surface area contributed by atoms with Crippen LogP contribution in [0.15, 0.2) is 22.8 Å². The fraction of sp³-hybridized carbons (Fsp3) is 0. The van der Waals surface area contributed by atoms with Crippen LogP contribution in [-0.4, -0.2) is 10.5 Å². The summed E-state index contributed by atoms with van der Waals surface area (Å²) in [6.45, 7) is 0. The summed E-state index contributed by atoms with van der Waals surface area (Å²) in [5.74, 6) is 0.469. The summed E-state index contributed by atoms with van der Waals surface area (Å²) in [6, 6.07) is 3.45. The Morgan fingerprint density at radius 3 is 2.86 bits per heavy atom. The van der Waals surface area contributed by atoms with Crippen LogP contribution in [0.4, 0.5) is 0 Å². The van der Waals surface area contributed by atoms with Crippen molar-refractivity contribution in [3.05, 3.63) is 18.4 Å². The standard InChI is InChI=1S/C4H3O2Si/c7-6-4-2-1-3-5-4/h1-3H. The molecule has 0 aromatic carbocycles. The summed E-state index contributed by atoms with van der Waals surface area (Å²) in [5.41, 5.74) is 0. The fourth-order valence-electron chi connectivity index (χ4n) is 0.322. The summed E-state index contributed by atoms with van der Waals surface area (Å²) in [4.78, 5) is 0. The molecule has 0 aliphatic rings. The normalized spacial score (nSPS) is 8.71. The molecule has 2 nitrogen and oxygen atoms in total. The van der Waals surface area contributed by atoms with Crippen LogP contribution in [0.25, 0.3) is 0 Å². The van der Waals surface area contributed by atoms with Crippen molar-refractivity contribution in [1.29, 1.82) is 0 Å². The van der Waals surface area contributed by atoms with Gasteiger partial charge >= 0.3 is 10.5 Å². The second-order valence-corrected chi connectivity index (χ2v) is 1.24. The molecule has 3 heteroatoms. The lowest BCUT2D eigenvalue weighted by molar-refractivity contribution is 0.409. The van der Waals surface area contributed by atoms with E-state index in [1.165, 1.54) is 6.26 Å². The summed E-state index contributed by atoms with van der Waals surface area (Å²) in [5, 5.41) is 0. The number of rotatable bonds is 1. The van der Waals surface area contributed by atoms with Crippen LogP contribution >= 0.6 is 0 Å². The third-order valence-corrected chi connectivity index (χ3v) is 0.797. The number of hydrogen-bond acceptors (Lipinski definition) is 2. The zero-order valence-corrected chi connectivity index (χ0v) is 4.55. The van der Waals surface area contributed by atoms with Gasteiger partial charge in [-0.3, -0.25) is 0 Å². The van der Waals surface area contributed by atoms with Crippen molar-refractivity contribution in [2.45, 2.75) is 0 Å². The molecule has 1 aromatic rings. The van der Waals surface area contributed by atoms with Crippen LogP contribution in [0.1, 0.15) is 0 Å². The molecule has 0 amide bonds.